The van der Waals surface area contributed by atoms with Gasteiger partial charge in [-0.15, -0.1) is 0 Å². The Labute approximate surface area is 86.7 Å². The number of hydroxylamine groups is 1. The smallest absolute Gasteiger partial charge is 0.236 e. The summed E-state index contributed by atoms with van der Waals surface area (Å²) in [4.78, 5) is 8.15. The van der Waals surface area contributed by atoms with E-state index >= 15 is 0 Å². The number of nitrogens with one attached hydrogen (secondary N) is 3. The molecule has 1 unspecified atom stereocenters. The number of anilines is 1. The van der Waals surface area contributed by atoms with Gasteiger partial charge >= 0.3 is 0 Å². The lowest BCUT2D eigenvalue weighted by Crippen LogP contribution is -3.05. The standard InChI is InChI=1S/C8H13N5O2/c14-2-1-10-8-11-4-6-3-9-5-13(15)7(6)12-8/h4,9,13-14H,1-3,5H2,(H,10,11,12). The maximum Gasteiger partial charge on any atom is 0.236 e. The Bertz CT molecular complexity index is 346. The van der Waals surface area contributed by atoms with E-state index in [9.17, 15) is 5.21 Å². The van der Waals surface area contributed by atoms with Crippen LogP contribution in [0.2, 0.25) is 0 Å². The van der Waals surface area contributed by atoms with E-state index in [1.54, 1.807) is 6.20 Å². The van der Waals surface area contributed by atoms with E-state index < -0.39 is 0 Å². The largest absolute Gasteiger partial charge is 0.627 e. The van der Waals surface area contributed by atoms with Crippen LogP contribution in [0.25, 0.3) is 0 Å². The van der Waals surface area contributed by atoms with Crippen LogP contribution in [0.3, 0.4) is 0 Å². The first-order valence-electron chi connectivity index (χ1n) is 4.76. The molecular formula is C8H13N5O2. The van der Waals surface area contributed by atoms with Gasteiger partial charge < -0.3 is 20.7 Å². The number of hydrogen-bond donors (Lipinski definition) is 4. The van der Waals surface area contributed by atoms with Crippen molar-refractivity contribution in [2.45, 2.75) is 6.54 Å². The van der Waals surface area contributed by atoms with Crippen molar-refractivity contribution in [3.8, 4) is 0 Å². The van der Waals surface area contributed by atoms with Gasteiger partial charge in [-0.2, -0.15) is 4.98 Å². The van der Waals surface area contributed by atoms with Gasteiger partial charge in [-0.1, -0.05) is 0 Å². The van der Waals surface area contributed by atoms with Crippen molar-refractivity contribution in [2.75, 3.05) is 25.1 Å². The van der Waals surface area contributed by atoms with Crippen molar-refractivity contribution in [3.63, 3.8) is 0 Å². The van der Waals surface area contributed by atoms with Crippen molar-refractivity contribution in [3.05, 3.63) is 17.0 Å². The molecule has 0 amide bonds. The van der Waals surface area contributed by atoms with Crippen LogP contribution in [-0.4, -0.2) is 34.9 Å². The first-order valence-corrected chi connectivity index (χ1v) is 4.76. The number of fused-ring (bicyclic) bond motifs is 1. The zero-order chi connectivity index (χ0) is 10.7. The number of nitrogens with zero attached hydrogens (tertiary/aromatic N) is 2. The quantitative estimate of drug-likeness (QED) is 0.430. The van der Waals surface area contributed by atoms with Gasteiger partial charge in [0.1, 0.15) is 6.67 Å². The van der Waals surface area contributed by atoms with Crippen LogP contribution in [0.1, 0.15) is 5.56 Å². The molecule has 1 atom stereocenters. The predicted molar refractivity (Wildman–Crippen MR) is 53.3 cm³/mol. The summed E-state index contributed by atoms with van der Waals surface area (Å²) < 4.78 is 0. The predicted octanol–water partition coefficient (Wildman–Crippen LogP) is -2.04. The zero-order valence-electron chi connectivity index (χ0n) is 8.16. The second kappa shape index (κ2) is 4.49. The zero-order valence-corrected chi connectivity index (χ0v) is 8.16. The molecule has 2 heterocycles. The molecule has 0 bridgehead atoms. The van der Waals surface area contributed by atoms with E-state index in [-0.39, 0.29) is 11.7 Å². The molecule has 1 aliphatic heterocycles. The van der Waals surface area contributed by atoms with Gasteiger partial charge in [-0.3, -0.25) is 5.32 Å². The van der Waals surface area contributed by atoms with Gasteiger partial charge in [0.25, 0.3) is 0 Å². The van der Waals surface area contributed by atoms with E-state index in [1.807, 2.05) is 0 Å². The van der Waals surface area contributed by atoms with Crippen molar-refractivity contribution < 1.29 is 10.2 Å². The molecule has 2 rings (SSSR count). The summed E-state index contributed by atoms with van der Waals surface area (Å²) >= 11 is 0. The molecule has 0 fully saturated rings. The molecule has 4 N–H and O–H groups in total. The van der Waals surface area contributed by atoms with Gasteiger partial charge in [0.2, 0.25) is 11.8 Å². The van der Waals surface area contributed by atoms with Crippen LogP contribution in [0.5, 0.6) is 0 Å². The highest BCUT2D eigenvalue weighted by Gasteiger charge is 2.18. The summed E-state index contributed by atoms with van der Waals surface area (Å²) in [5.41, 5.74) is 0.820. The highest BCUT2D eigenvalue weighted by Crippen LogP contribution is 2.11. The monoisotopic (exact) mass is 211 g/mol. The molecule has 0 aliphatic carbocycles. The second-order valence-electron chi connectivity index (χ2n) is 3.24. The average molecular weight is 211 g/mol. The molecule has 1 aromatic rings. The van der Waals surface area contributed by atoms with Crippen molar-refractivity contribution in [2.24, 2.45) is 0 Å². The lowest BCUT2D eigenvalue weighted by atomic mass is 10.3. The Kier molecular flexibility index (Phi) is 3.07. The lowest BCUT2D eigenvalue weighted by Gasteiger charge is -2.27. The fourth-order valence-corrected chi connectivity index (χ4v) is 1.42. The van der Waals surface area contributed by atoms with Crippen LogP contribution in [-0.2, 0) is 6.54 Å². The van der Waals surface area contributed by atoms with Gasteiger partial charge in [0.15, 0.2) is 0 Å². The lowest BCUT2D eigenvalue weighted by molar-refractivity contribution is -0.786. The van der Waals surface area contributed by atoms with E-state index in [2.05, 4.69) is 20.6 Å². The summed E-state index contributed by atoms with van der Waals surface area (Å²) in [5, 5.41) is 25.9. The number of aromatic nitrogens is 2. The summed E-state index contributed by atoms with van der Waals surface area (Å²) in [6.07, 6.45) is 1.63. The molecule has 0 saturated carbocycles. The van der Waals surface area contributed by atoms with Crippen molar-refractivity contribution >= 4 is 11.8 Å². The fraction of sp³-hybridized carbons (Fsp3) is 0.500. The third kappa shape index (κ3) is 2.21. The van der Waals surface area contributed by atoms with Crippen molar-refractivity contribution in [1.82, 2.24) is 15.3 Å². The van der Waals surface area contributed by atoms with E-state index in [0.29, 0.717) is 31.5 Å². The third-order valence-electron chi connectivity index (χ3n) is 2.12. The summed E-state index contributed by atoms with van der Waals surface area (Å²) in [6, 6.07) is 0. The fourth-order valence-electron chi connectivity index (χ4n) is 1.42. The molecule has 0 saturated heterocycles. The number of quaternary nitrogens is 1. The molecule has 1 aliphatic rings. The Morgan fingerprint density at radius 2 is 2.53 bits per heavy atom. The number of hydrogen-bond acceptors (Lipinski definition) is 6. The minimum absolute atomic E-state index is 0.00987. The molecule has 82 valence electrons. The van der Waals surface area contributed by atoms with Crippen LogP contribution >= 0.6 is 0 Å². The minimum atomic E-state index is -0.0225. The maximum atomic E-state index is 11.5. The highest BCUT2D eigenvalue weighted by atomic mass is 16.5. The van der Waals surface area contributed by atoms with Crippen LogP contribution in [0.15, 0.2) is 6.20 Å². The van der Waals surface area contributed by atoms with E-state index in [1.165, 1.54) is 0 Å². The van der Waals surface area contributed by atoms with E-state index in [4.69, 9.17) is 5.11 Å². The Morgan fingerprint density at radius 3 is 3.33 bits per heavy atom. The summed E-state index contributed by atoms with van der Waals surface area (Å²) in [7, 11) is 0. The van der Waals surface area contributed by atoms with Crippen LogP contribution in [0.4, 0.5) is 11.8 Å². The topological polar surface area (TPSA) is 97.6 Å². The first kappa shape index (κ1) is 10.2. The van der Waals surface area contributed by atoms with Gasteiger partial charge in [0, 0.05) is 19.3 Å². The number of aliphatic hydroxyl groups excluding tert-OH is 1. The van der Waals surface area contributed by atoms with Crippen LogP contribution < -0.4 is 15.7 Å². The SMILES string of the molecule is [O-][NH+]1CNCc2cnc(NCCO)nc21. The molecule has 7 nitrogen and oxygen atoms in total. The molecule has 0 radical (unpaired) electrons. The average Bonchev–Trinajstić information content (AvgIpc) is 2.27. The Morgan fingerprint density at radius 1 is 1.67 bits per heavy atom. The molecule has 15 heavy (non-hydrogen) atoms. The number of aliphatic hydroxyl groups is 1. The molecule has 0 aromatic carbocycles. The van der Waals surface area contributed by atoms with Crippen LogP contribution in [0, 0.1) is 5.21 Å². The molecular weight excluding hydrogens is 198 g/mol. The normalized spacial score (nSPS) is 19.7. The number of rotatable bonds is 3. The van der Waals surface area contributed by atoms with Gasteiger partial charge in [0.05, 0.1) is 12.2 Å². The van der Waals surface area contributed by atoms with Gasteiger partial charge in [-0.25, -0.2) is 4.98 Å². The second-order valence-corrected chi connectivity index (χ2v) is 3.24. The Balaban J connectivity index is 2.19. The maximum absolute atomic E-state index is 11.5. The van der Waals surface area contributed by atoms with Crippen molar-refractivity contribution in [1.29, 1.82) is 0 Å². The Hall–Kier alpha value is -1.28. The summed E-state index contributed by atoms with van der Waals surface area (Å²) in [6.45, 7) is 1.34. The van der Waals surface area contributed by atoms with Gasteiger partial charge in [-0.05, 0) is 0 Å². The molecule has 7 heteroatoms. The summed E-state index contributed by atoms with van der Waals surface area (Å²) in [5.74, 6) is 0.863. The third-order valence-corrected chi connectivity index (χ3v) is 2.12. The highest BCUT2D eigenvalue weighted by molar-refractivity contribution is 5.38. The van der Waals surface area contributed by atoms with E-state index in [0.717, 1.165) is 5.56 Å². The first-order chi connectivity index (χ1) is 7.31. The molecule has 1 aromatic heterocycles. The molecule has 0 spiro atoms. The minimum Gasteiger partial charge on any atom is -0.627 e.